The lowest BCUT2D eigenvalue weighted by Gasteiger charge is -2.16. The first-order valence-corrected chi connectivity index (χ1v) is 7.00. The van der Waals surface area contributed by atoms with Gasteiger partial charge in [-0.25, -0.2) is 8.42 Å². The highest BCUT2D eigenvalue weighted by molar-refractivity contribution is 7.92. The summed E-state index contributed by atoms with van der Waals surface area (Å²) < 4.78 is 30.5. The van der Waals surface area contributed by atoms with Crippen LogP contribution in [0.4, 0.5) is 0 Å². The molecular weight excluding hydrogens is 258 g/mol. The number of rotatable bonds is 3. The molecule has 0 spiro atoms. The van der Waals surface area contributed by atoms with Crippen LogP contribution in [0, 0.1) is 6.92 Å². The molecule has 0 bridgehead atoms. The van der Waals surface area contributed by atoms with Crippen molar-refractivity contribution in [2.24, 2.45) is 0 Å². The van der Waals surface area contributed by atoms with Gasteiger partial charge in [0.1, 0.15) is 4.99 Å². The summed E-state index contributed by atoms with van der Waals surface area (Å²) in [5.74, 6) is 0. The van der Waals surface area contributed by atoms with E-state index >= 15 is 0 Å². The van der Waals surface area contributed by atoms with E-state index in [0.717, 1.165) is 5.56 Å². The smallest absolute Gasteiger partial charge is 0.265 e. The van der Waals surface area contributed by atoms with Crippen LogP contribution >= 0.6 is 12.2 Å². The molecule has 0 saturated heterocycles. The van der Waals surface area contributed by atoms with Crippen LogP contribution in [0.15, 0.2) is 23.1 Å². The molecule has 1 aliphatic rings. The fraction of sp³-hybridized carbons (Fsp3) is 0.364. The van der Waals surface area contributed by atoms with E-state index < -0.39 is 10.0 Å². The number of methoxy groups -OCH3 is 1. The second kappa shape index (κ2) is 4.36. The van der Waals surface area contributed by atoms with Crippen molar-refractivity contribution in [3.05, 3.63) is 29.3 Å². The van der Waals surface area contributed by atoms with Gasteiger partial charge in [0.2, 0.25) is 0 Å². The quantitative estimate of drug-likeness (QED) is 0.778. The molecule has 0 aromatic heterocycles. The summed E-state index contributed by atoms with van der Waals surface area (Å²) >= 11 is 5.21. The summed E-state index contributed by atoms with van der Waals surface area (Å²) in [7, 11) is -1.94. The first kappa shape index (κ1) is 12.5. The molecule has 6 heteroatoms. The van der Waals surface area contributed by atoms with Gasteiger partial charge in [-0.15, -0.1) is 0 Å². The Morgan fingerprint density at radius 2 is 2.12 bits per heavy atom. The van der Waals surface area contributed by atoms with E-state index in [4.69, 9.17) is 17.0 Å². The zero-order valence-electron chi connectivity index (χ0n) is 9.63. The number of benzene rings is 1. The van der Waals surface area contributed by atoms with Gasteiger partial charge < -0.3 is 4.74 Å². The molecule has 1 aromatic carbocycles. The minimum atomic E-state index is -3.47. The Balaban J connectivity index is 2.49. The topological polar surface area (TPSA) is 46.6 Å². The summed E-state index contributed by atoms with van der Waals surface area (Å²) in [6.07, 6.45) is 0. The van der Waals surface area contributed by atoms with Crippen LogP contribution in [0.5, 0.6) is 0 Å². The average molecular weight is 271 g/mol. The van der Waals surface area contributed by atoms with Crippen LogP contribution in [-0.4, -0.2) is 38.0 Å². The number of sulfonamides is 1. The molecule has 0 radical (unpaired) electrons. The number of hydrogen-bond acceptors (Lipinski definition) is 4. The minimum Gasteiger partial charge on any atom is -0.383 e. The van der Waals surface area contributed by atoms with Gasteiger partial charge in [-0.1, -0.05) is 23.8 Å². The van der Waals surface area contributed by atoms with E-state index in [1.807, 2.05) is 13.0 Å². The summed E-state index contributed by atoms with van der Waals surface area (Å²) in [5.41, 5.74) is 1.62. The maximum atomic E-state index is 12.2. The van der Waals surface area contributed by atoms with E-state index in [1.54, 1.807) is 12.1 Å². The van der Waals surface area contributed by atoms with Crippen LogP contribution in [0.1, 0.15) is 11.1 Å². The van der Waals surface area contributed by atoms with Crippen LogP contribution in [0.3, 0.4) is 0 Å². The van der Waals surface area contributed by atoms with Gasteiger partial charge in [0.25, 0.3) is 10.0 Å². The van der Waals surface area contributed by atoms with E-state index in [2.05, 4.69) is 0 Å². The van der Waals surface area contributed by atoms with Crippen molar-refractivity contribution in [3.63, 3.8) is 0 Å². The molecule has 2 rings (SSSR count). The van der Waals surface area contributed by atoms with E-state index in [0.29, 0.717) is 22.1 Å². The number of nitrogens with zero attached hydrogens (tertiary/aromatic N) is 1. The van der Waals surface area contributed by atoms with Crippen LogP contribution in [0.25, 0.3) is 0 Å². The molecule has 0 aliphatic carbocycles. The van der Waals surface area contributed by atoms with Crippen molar-refractivity contribution in [2.75, 3.05) is 20.3 Å². The molecule has 1 aromatic rings. The van der Waals surface area contributed by atoms with Crippen molar-refractivity contribution in [2.45, 2.75) is 11.8 Å². The van der Waals surface area contributed by atoms with E-state index in [9.17, 15) is 8.42 Å². The van der Waals surface area contributed by atoms with Crippen LogP contribution in [-0.2, 0) is 14.8 Å². The molecule has 1 heterocycles. The standard InChI is InChI=1S/C11H13NO3S2/c1-8-3-4-10-9(7-8)11(16)12(5-6-15-2)17(10,13)14/h3-4,7H,5-6H2,1-2H3. The fourth-order valence-corrected chi connectivity index (χ4v) is 3.96. The highest BCUT2D eigenvalue weighted by atomic mass is 32.2. The Bertz CT molecular complexity index is 566. The average Bonchev–Trinajstić information content (AvgIpc) is 2.45. The van der Waals surface area contributed by atoms with Crippen molar-refractivity contribution >= 4 is 27.2 Å². The zero-order valence-corrected chi connectivity index (χ0v) is 11.3. The van der Waals surface area contributed by atoms with Gasteiger partial charge in [0.05, 0.1) is 18.0 Å². The Morgan fingerprint density at radius 3 is 2.76 bits per heavy atom. The van der Waals surface area contributed by atoms with Crippen molar-refractivity contribution < 1.29 is 13.2 Å². The van der Waals surface area contributed by atoms with Gasteiger partial charge >= 0.3 is 0 Å². The molecule has 0 fully saturated rings. The van der Waals surface area contributed by atoms with E-state index in [-0.39, 0.29) is 6.54 Å². The Hall–Kier alpha value is -0.980. The predicted octanol–water partition coefficient (Wildman–Crippen LogP) is 1.32. The van der Waals surface area contributed by atoms with Gasteiger partial charge in [-0.05, 0) is 19.1 Å². The minimum absolute atomic E-state index is 0.255. The fourth-order valence-electron chi connectivity index (χ4n) is 1.79. The van der Waals surface area contributed by atoms with Gasteiger partial charge in [-0.2, -0.15) is 0 Å². The molecule has 0 N–H and O–H groups in total. The van der Waals surface area contributed by atoms with Gasteiger partial charge in [0.15, 0.2) is 0 Å². The lowest BCUT2D eigenvalue weighted by Crippen LogP contribution is -2.32. The van der Waals surface area contributed by atoms with Crippen LogP contribution in [0.2, 0.25) is 0 Å². The molecule has 4 nitrogen and oxygen atoms in total. The number of ether oxygens (including phenoxy) is 1. The molecule has 17 heavy (non-hydrogen) atoms. The summed E-state index contributed by atoms with van der Waals surface area (Å²) in [5, 5.41) is 0. The third-order valence-corrected chi connectivity index (χ3v) is 5.07. The van der Waals surface area contributed by atoms with Gasteiger partial charge in [-0.3, -0.25) is 4.31 Å². The Labute approximate surface area is 106 Å². The maximum Gasteiger partial charge on any atom is 0.265 e. The van der Waals surface area contributed by atoms with Crippen molar-refractivity contribution in [1.29, 1.82) is 0 Å². The first-order valence-electron chi connectivity index (χ1n) is 5.15. The van der Waals surface area contributed by atoms with Crippen molar-refractivity contribution in [1.82, 2.24) is 4.31 Å². The Morgan fingerprint density at radius 1 is 1.41 bits per heavy atom. The van der Waals surface area contributed by atoms with Gasteiger partial charge in [0, 0.05) is 12.7 Å². The summed E-state index contributed by atoms with van der Waals surface area (Å²) in [6, 6.07) is 5.19. The largest absolute Gasteiger partial charge is 0.383 e. The normalized spacial score (nSPS) is 17.3. The zero-order chi connectivity index (χ0) is 12.6. The maximum absolute atomic E-state index is 12.2. The number of thiocarbonyl (C=S) groups is 1. The third-order valence-electron chi connectivity index (χ3n) is 2.66. The SMILES string of the molecule is COCCN1C(=S)c2cc(C)ccc2S1(=O)=O. The molecule has 92 valence electrons. The summed E-state index contributed by atoms with van der Waals surface area (Å²) in [6.45, 7) is 2.49. The monoisotopic (exact) mass is 271 g/mol. The Kier molecular flexibility index (Phi) is 3.20. The number of fused-ring (bicyclic) bond motifs is 1. The molecule has 0 amide bonds. The van der Waals surface area contributed by atoms with Crippen LogP contribution < -0.4 is 0 Å². The number of hydrogen-bond donors (Lipinski definition) is 0. The highest BCUT2D eigenvalue weighted by Crippen LogP contribution is 2.31. The third kappa shape index (κ3) is 1.96. The number of aryl methyl sites for hydroxylation is 1. The molecule has 0 saturated carbocycles. The van der Waals surface area contributed by atoms with E-state index in [1.165, 1.54) is 11.4 Å². The lowest BCUT2D eigenvalue weighted by molar-refractivity contribution is 0.192. The predicted molar refractivity (Wildman–Crippen MR) is 68.6 cm³/mol. The second-order valence-electron chi connectivity index (χ2n) is 3.87. The lowest BCUT2D eigenvalue weighted by atomic mass is 10.1. The second-order valence-corrected chi connectivity index (χ2v) is 6.09. The highest BCUT2D eigenvalue weighted by Gasteiger charge is 2.37. The first-order chi connectivity index (χ1) is 7.98. The summed E-state index contributed by atoms with van der Waals surface area (Å²) in [4.78, 5) is 0.657. The molecule has 0 atom stereocenters. The molecule has 0 unspecified atom stereocenters. The van der Waals surface area contributed by atoms with Crippen molar-refractivity contribution in [3.8, 4) is 0 Å². The molecular formula is C11H13NO3S2. The molecule has 1 aliphatic heterocycles.